The molecule has 3 nitrogen and oxygen atoms in total. The molecule has 0 aliphatic heterocycles. The van der Waals surface area contributed by atoms with E-state index in [1.807, 2.05) is 6.07 Å². The van der Waals surface area contributed by atoms with Gasteiger partial charge in [-0.1, -0.05) is 6.92 Å². The fraction of sp³-hybridized carbons (Fsp3) is 0.357. The molecule has 2 aromatic heterocycles. The van der Waals surface area contributed by atoms with E-state index in [-0.39, 0.29) is 6.04 Å². The summed E-state index contributed by atoms with van der Waals surface area (Å²) >= 11 is 5.35. The number of aromatic nitrogens is 1. The Labute approximate surface area is 126 Å². The number of halogens is 1. The van der Waals surface area contributed by atoms with Crippen molar-refractivity contribution >= 4 is 27.3 Å². The quantitative estimate of drug-likeness (QED) is 0.862. The number of thiophene rings is 1. The highest BCUT2D eigenvalue weighted by atomic mass is 79.9. The van der Waals surface area contributed by atoms with Crippen molar-refractivity contribution in [2.45, 2.75) is 19.4 Å². The Kier molecular flexibility index (Phi) is 5.36. The van der Waals surface area contributed by atoms with E-state index in [0.29, 0.717) is 0 Å². The minimum atomic E-state index is 0.132. The highest BCUT2D eigenvalue weighted by Crippen LogP contribution is 2.36. The molecule has 1 unspecified atom stereocenters. The number of methoxy groups -OCH3 is 1. The lowest BCUT2D eigenvalue weighted by atomic mass is 10.1. The van der Waals surface area contributed by atoms with Crippen molar-refractivity contribution in [1.29, 1.82) is 0 Å². The summed E-state index contributed by atoms with van der Waals surface area (Å²) in [5.74, 6) is 0.816. The molecule has 0 saturated carbocycles. The first-order chi connectivity index (χ1) is 9.27. The van der Waals surface area contributed by atoms with Gasteiger partial charge < -0.3 is 10.1 Å². The topological polar surface area (TPSA) is 34.2 Å². The Bertz CT molecular complexity index is 530. The summed E-state index contributed by atoms with van der Waals surface area (Å²) < 4.78 is 6.56. The van der Waals surface area contributed by atoms with E-state index in [0.717, 1.165) is 28.8 Å². The zero-order valence-corrected chi connectivity index (χ0v) is 13.4. The molecule has 0 aromatic carbocycles. The Balaban J connectivity index is 2.40. The van der Waals surface area contributed by atoms with Gasteiger partial charge in [-0.05, 0) is 46.4 Å². The van der Waals surface area contributed by atoms with E-state index in [1.54, 1.807) is 30.8 Å². The maximum atomic E-state index is 5.43. The summed E-state index contributed by atoms with van der Waals surface area (Å²) in [6.07, 6.45) is 4.66. The first kappa shape index (κ1) is 14.5. The van der Waals surface area contributed by atoms with Crippen molar-refractivity contribution in [3.8, 4) is 5.75 Å². The monoisotopic (exact) mass is 340 g/mol. The van der Waals surface area contributed by atoms with Crippen LogP contribution in [0.25, 0.3) is 0 Å². The molecule has 1 atom stereocenters. The van der Waals surface area contributed by atoms with Crippen molar-refractivity contribution in [3.05, 3.63) is 44.8 Å². The van der Waals surface area contributed by atoms with Crippen LogP contribution in [0.4, 0.5) is 0 Å². The zero-order valence-electron chi connectivity index (χ0n) is 11.0. The summed E-state index contributed by atoms with van der Waals surface area (Å²) in [6, 6.07) is 4.22. The largest absolute Gasteiger partial charge is 0.495 e. The average Bonchev–Trinajstić information content (AvgIpc) is 2.86. The maximum absolute atomic E-state index is 5.43. The van der Waals surface area contributed by atoms with Crippen LogP contribution in [0.1, 0.15) is 29.8 Å². The second-order valence-electron chi connectivity index (χ2n) is 4.14. The number of ether oxygens (including phenoxy) is 1. The molecule has 0 fully saturated rings. The highest BCUT2D eigenvalue weighted by Gasteiger charge is 2.20. The van der Waals surface area contributed by atoms with Crippen LogP contribution < -0.4 is 10.1 Å². The van der Waals surface area contributed by atoms with Crippen LogP contribution in [0.2, 0.25) is 0 Å². The van der Waals surface area contributed by atoms with E-state index in [2.05, 4.69) is 44.6 Å². The minimum Gasteiger partial charge on any atom is -0.495 e. The van der Waals surface area contributed by atoms with Gasteiger partial charge in [-0.15, -0.1) is 11.3 Å². The fourth-order valence-corrected chi connectivity index (χ4v) is 3.64. The lowest BCUT2D eigenvalue weighted by Crippen LogP contribution is -2.23. The van der Waals surface area contributed by atoms with E-state index in [4.69, 9.17) is 4.74 Å². The fourth-order valence-electron chi connectivity index (χ4n) is 1.94. The van der Waals surface area contributed by atoms with Crippen LogP contribution >= 0.6 is 27.3 Å². The summed E-state index contributed by atoms with van der Waals surface area (Å²) in [5, 5.41) is 5.67. The molecule has 2 heterocycles. The number of pyridine rings is 1. The molecule has 5 heteroatoms. The molecule has 102 valence electrons. The van der Waals surface area contributed by atoms with Crippen molar-refractivity contribution in [2.75, 3.05) is 13.7 Å². The van der Waals surface area contributed by atoms with Gasteiger partial charge in [-0.2, -0.15) is 0 Å². The first-order valence-electron chi connectivity index (χ1n) is 6.22. The van der Waals surface area contributed by atoms with Gasteiger partial charge in [-0.3, -0.25) is 4.98 Å². The summed E-state index contributed by atoms with van der Waals surface area (Å²) in [4.78, 5) is 5.38. The second kappa shape index (κ2) is 7.03. The molecule has 0 amide bonds. The van der Waals surface area contributed by atoms with E-state index < -0.39 is 0 Å². The Morgan fingerprint density at radius 2 is 2.32 bits per heavy atom. The predicted molar refractivity (Wildman–Crippen MR) is 82.9 cm³/mol. The van der Waals surface area contributed by atoms with E-state index >= 15 is 0 Å². The molecular formula is C14H17BrN2OS. The van der Waals surface area contributed by atoms with E-state index in [1.165, 1.54) is 4.88 Å². The average molecular weight is 341 g/mol. The number of hydrogen-bond acceptors (Lipinski definition) is 4. The molecular weight excluding hydrogens is 324 g/mol. The lowest BCUT2D eigenvalue weighted by molar-refractivity contribution is 0.402. The smallest absolute Gasteiger partial charge is 0.142 e. The van der Waals surface area contributed by atoms with Gasteiger partial charge in [0.1, 0.15) is 5.75 Å². The molecule has 0 radical (unpaired) electrons. The van der Waals surface area contributed by atoms with Crippen molar-refractivity contribution in [2.24, 2.45) is 0 Å². The molecule has 0 bridgehead atoms. The Morgan fingerprint density at radius 1 is 1.47 bits per heavy atom. The normalized spacial score (nSPS) is 12.4. The van der Waals surface area contributed by atoms with Crippen LogP contribution in [-0.2, 0) is 0 Å². The van der Waals surface area contributed by atoms with E-state index in [9.17, 15) is 0 Å². The third kappa shape index (κ3) is 3.35. The molecule has 19 heavy (non-hydrogen) atoms. The minimum absolute atomic E-state index is 0.132. The van der Waals surface area contributed by atoms with Crippen LogP contribution in [0, 0.1) is 0 Å². The lowest BCUT2D eigenvalue weighted by Gasteiger charge is -2.20. The highest BCUT2D eigenvalue weighted by molar-refractivity contribution is 9.10. The first-order valence-corrected chi connectivity index (χ1v) is 7.89. The van der Waals surface area contributed by atoms with Crippen LogP contribution in [0.5, 0.6) is 5.75 Å². The van der Waals surface area contributed by atoms with Gasteiger partial charge in [0, 0.05) is 21.1 Å². The van der Waals surface area contributed by atoms with Crippen LogP contribution in [-0.4, -0.2) is 18.6 Å². The molecule has 0 spiro atoms. The van der Waals surface area contributed by atoms with Crippen molar-refractivity contribution < 1.29 is 4.74 Å². The summed E-state index contributed by atoms with van der Waals surface area (Å²) in [6.45, 7) is 3.12. The van der Waals surface area contributed by atoms with Gasteiger partial charge in [0.25, 0.3) is 0 Å². The predicted octanol–water partition coefficient (Wildman–Crippen LogP) is 4.00. The molecule has 2 aromatic rings. The second-order valence-corrected chi connectivity index (χ2v) is 5.94. The zero-order chi connectivity index (χ0) is 13.7. The van der Waals surface area contributed by atoms with Gasteiger partial charge in [0.05, 0.1) is 19.3 Å². The SMILES string of the molecule is CCCNC(c1ccncc1OC)c1sccc1Br. The number of nitrogens with zero attached hydrogens (tertiary/aromatic N) is 1. The molecule has 0 aliphatic rings. The summed E-state index contributed by atoms with van der Waals surface area (Å²) in [7, 11) is 1.68. The van der Waals surface area contributed by atoms with Gasteiger partial charge in [0.2, 0.25) is 0 Å². The van der Waals surface area contributed by atoms with Crippen molar-refractivity contribution in [1.82, 2.24) is 10.3 Å². The van der Waals surface area contributed by atoms with Gasteiger partial charge >= 0.3 is 0 Å². The molecule has 0 aliphatic carbocycles. The third-order valence-corrected chi connectivity index (χ3v) is 4.79. The number of rotatable bonds is 6. The standard InChI is InChI=1S/C14H17BrN2OS/c1-3-6-17-13(14-11(15)5-8-19-14)10-4-7-16-9-12(10)18-2/h4-5,7-9,13,17H,3,6H2,1-2H3. The molecule has 1 N–H and O–H groups in total. The Hall–Kier alpha value is -0.910. The number of nitrogens with one attached hydrogen (secondary N) is 1. The summed E-state index contributed by atoms with van der Waals surface area (Å²) in [5.41, 5.74) is 1.12. The molecule has 2 rings (SSSR count). The third-order valence-electron chi connectivity index (χ3n) is 2.85. The number of hydrogen-bond donors (Lipinski definition) is 1. The van der Waals surface area contributed by atoms with Gasteiger partial charge in [0.15, 0.2) is 0 Å². The van der Waals surface area contributed by atoms with Crippen LogP contribution in [0.15, 0.2) is 34.4 Å². The Morgan fingerprint density at radius 3 is 2.95 bits per heavy atom. The molecule has 0 saturated heterocycles. The van der Waals surface area contributed by atoms with Crippen LogP contribution in [0.3, 0.4) is 0 Å². The van der Waals surface area contributed by atoms with Crippen molar-refractivity contribution in [3.63, 3.8) is 0 Å². The maximum Gasteiger partial charge on any atom is 0.142 e. The van der Waals surface area contributed by atoms with Gasteiger partial charge in [-0.25, -0.2) is 0 Å².